The third kappa shape index (κ3) is 4.01. The Morgan fingerprint density at radius 3 is 2.33 bits per heavy atom. The van der Waals surface area contributed by atoms with Gasteiger partial charge in [-0.15, -0.1) is 0 Å². The van der Waals surface area contributed by atoms with Crippen molar-refractivity contribution in [2.24, 2.45) is 0 Å². The number of phenolic OH excluding ortho intramolecular Hbond substituents is 1. The monoisotopic (exact) mass is 283 g/mol. The molecule has 0 saturated carbocycles. The molecule has 0 heterocycles. The van der Waals surface area contributed by atoms with Gasteiger partial charge in [0.1, 0.15) is 5.75 Å². The van der Waals surface area contributed by atoms with E-state index in [0.29, 0.717) is 11.8 Å². The van der Waals surface area contributed by atoms with Crippen molar-refractivity contribution in [1.82, 2.24) is 0 Å². The number of aromatic hydroxyl groups is 1. The first kappa shape index (κ1) is 15.4. The quantitative estimate of drug-likeness (QED) is 0.875. The Morgan fingerprint density at radius 2 is 1.71 bits per heavy atom. The van der Waals surface area contributed by atoms with Crippen molar-refractivity contribution in [3.05, 3.63) is 59.2 Å². The van der Waals surface area contributed by atoms with Crippen molar-refractivity contribution >= 4 is 5.69 Å². The number of hydrogen-bond acceptors (Lipinski definition) is 2. The van der Waals surface area contributed by atoms with Crippen LogP contribution in [0.1, 0.15) is 30.0 Å². The smallest absolute Gasteiger partial charge is 0.115 e. The molecule has 0 amide bonds. The summed E-state index contributed by atoms with van der Waals surface area (Å²) in [5, 5.41) is 9.32. The van der Waals surface area contributed by atoms with Crippen LogP contribution in [0.25, 0.3) is 0 Å². The molecule has 0 saturated heterocycles. The zero-order chi connectivity index (χ0) is 15.4. The summed E-state index contributed by atoms with van der Waals surface area (Å²) in [5.74, 6) is 0.333. The van der Waals surface area contributed by atoms with Gasteiger partial charge in [0.25, 0.3) is 0 Å². The van der Waals surface area contributed by atoms with Crippen LogP contribution in [0.2, 0.25) is 0 Å². The Morgan fingerprint density at radius 1 is 1.05 bits per heavy atom. The van der Waals surface area contributed by atoms with Crippen LogP contribution >= 0.6 is 0 Å². The van der Waals surface area contributed by atoms with Gasteiger partial charge in [-0.25, -0.2) is 0 Å². The number of phenols is 1. The van der Waals surface area contributed by atoms with E-state index < -0.39 is 0 Å². The van der Waals surface area contributed by atoms with Crippen LogP contribution in [0.4, 0.5) is 5.69 Å². The minimum atomic E-state index is 0.333. The minimum Gasteiger partial charge on any atom is -0.508 e. The minimum absolute atomic E-state index is 0.333. The highest BCUT2D eigenvalue weighted by molar-refractivity contribution is 5.54. The third-order valence-corrected chi connectivity index (χ3v) is 4.18. The highest BCUT2D eigenvalue weighted by Gasteiger charge is 2.12. The number of anilines is 1. The van der Waals surface area contributed by atoms with Crippen molar-refractivity contribution in [3.63, 3.8) is 0 Å². The van der Waals surface area contributed by atoms with Crippen molar-refractivity contribution in [3.8, 4) is 5.75 Å². The van der Waals surface area contributed by atoms with Crippen LogP contribution in [-0.4, -0.2) is 18.2 Å². The second-order valence-corrected chi connectivity index (χ2v) is 5.95. The van der Waals surface area contributed by atoms with Gasteiger partial charge in [-0.05, 0) is 62.9 Å². The fourth-order valence-corrected chi connectivity index (χ4v) is 2.67. The SMILES string of the molecule is Cc1ccc(N(C)C(C)CCc2ccc(O)cc2)c(C)c1. The predicted molar refractivity (Wildman–Crippen MR) is 90.2 cm³/mol. The van der Waals surface area contributed by atoms with E-state index in [2.05, 4.69) is 50.9 Å². The fourth-order valence-electron chi connectivity index (χ4n) is 2.67. The van der Waals surface area contributed by atoms with Crippen LogP contribution in [0, 0.1) is 13.8 Å². The third-order valence-electron chi connectivity index (χ3n) is 4.18. The highest BCUT2D eigenvalue weighted by Crippen LogP contribution is 2.23. The van der Waals surface area contributed by atoms with Crippen molar-refractivity contribution in [2.75, 3.05) is 11.9 Å². The molecule has 0 fully saturated rings. The zero-order valence-electron chi connectivity index (χ0n) is 13.4. The van der Waals surface area contributed by atoms with Gasteiger partial charge >= 0.3 is 0 Å². The van der Waals surface area contributed by atoms with E-state index in [-0.39, 0.29) is 0 Å². The fraction of sp³-hybridized carbons (Fsp3) is 0.368. The van der Waals surface area contributed by atoms with E-state index >= 15 is 0 Å². The van der Waals surface area contributed by atoms with Crippen LogP contribution in [0.3, 0.4) is 0 Å². The number of hydrogen-bond donors (Lipinski definition) is 1. The summed E-state index contributed by atoms with van der Waals surface area (Å²) in [6, 6.07) is 14.6. The molecule has 1 atom stereocenters. The lowest BCUT2D eigenvalue weighted by atomic mass is 10.0. The average Bonchev–Trinajstić information content (AvgIpc) is 2.45. The molecule has 0 aliphatic heterocycles. The predicted octanol–water partition coefficient (Wildman–Crippen LogP) is 4.47. The van der Waals surface area contributed by atoms with Gasteiger partial charge < -0.3 is 10.0 Å². The van der Waals surface area contributed by atoms with Gasteiger partial charge in [0.15, 0.2) is 0 Å². The second-order valence-electron chi connectivity index (χ2n) is 5.95. The molecule has 0 radical (unpaired) electrons. The Balaban J connectivity index is 1.99. The lowest BCUT2D eigenvalue weighted by Gasteiger charge is -2.29. The van der Waals surface area contributed by atoms with E-state index in [9.17, 15) is 5.11 Å². The van der Waals surface area contributed by atoms with Gasteiger partial charge in [-0.2, -0.15) is 0 Å². The van der Waals surface area contributed by atoms with Gasteiger partial charge in [0.05, 0.1) is 0 Å². The van der Waals surface area contributed by atoms with E-state index in [1.807, 2.05) is 12.1 Å². The number of nitrogens with zero attached hydrogens (tertiary/aromatic N) is 1. The van der Waals surface area contributed by atoms with E-state index in [1.165, 1.54) is 22.4 Å². The molecule has 1 unspecified atom stereocenters. The molecule has 0 aliphatic carbocycles. The molecule has 2 nitrogen and oxygen atoms in total. The average molecular weight is 283 g/mol. The molecule has 0 bridgehead atoms. The van der Waals surface area contributed by atoms with Crippen molar-refractivity contribution in [1.29, 1.82) is 0 Å². The van der Waals surface area contributed by atoms with Crippen molar-refractivity contribution in [2.45, 2.75) is 39.7 Å². The molecule has 21 heavy (non-hydrogen) atoms. The summed E-state index contributed by atoms with van der Waals surface area (Å²) in [4.78, 5) is 2.36. The van der Waals surface area contributed by atoms with Crippen molar-refractivity contribution < 1.29 is 5.11 Å². The van der Waals surface area contributed by atoms with Crippen LogP contribution in [0.5, 0.6) is 5.75 Å². The standard InChI is InChI=1S/C19H25NO/c1-14-5-12-19(15(2)13-14)20(4)16(3)6-7-17-8-10-18(21)11-9-17/h5,8-13,16,21H,6-7H2,1-4H3. The highest BCUT2D eigenvalue weighted by atomic mass is 16.3. The normalized spacial score (nSPS) is 12.2. The van der Waals surface area contributed by atoms with Crippen LogP contribution in [0.15, 0.2) is 42.5 Å². The van der Waals surface area contributed by atoms with E-state index in [0.717, 1.165) is 12.8 Å². The zero-order valence-corrected chi connectivity index (χ0v) is 13.4. The first-order valence-electron chi connectivity index (χ1n) is 7.55. The van der Waals surface area contributed by atoms with Crippen LogP contribution < -0.4 is 4.90 Å². The summed E-state index contributed by atoms with van der Waals surface area (Å²) in [6.45, 7) is 6.57. The Labute approximate surface area is 128 Å². The molecular formula is C19H25NO. The second kappa shape index (κ2) is 6.66. The lowest BCUT2D eigenvalue weighted by molar-refractivity contribution is 0.475. The summed E-state index contributed by atoms with van der Waals surface area (Å²) in [6.07, 6.45) is 2.12. The molecule has 0 spiro atoms. The van der Waals surface area contributed by atoms with Gasteiger partial charge in [-0.1, -0.05) is 29.8 Å². The number of aryl methyl sites for hydroxylation is 3. The molecule has 2 heteroatoms. The van der Waals surface area contributed by atoms with Gasteiger partial charge in [-0.3, -0.25) is 0 Å². The maximum absolute atomic E-state index is 9.32. The molecule has 2 aromatic rings. The molecule has 2 aromatic carbocycles. The maximum atomic E-state index is 9.32. The van der Waals surface area contributed by atoms with Crippen LogP contribution in [-0.2, 0) is 6.42 Å². The molecule has 112 valence electrons. The lowest BCUT2D eigenvalue weighted by Crippen LogP contribution is -2.29. The molecule has 2 rings (SSSR count). The van der Waals surface area contributed by atoms with Gasteiger partial charge in [0.2, 0.25) is 0 Å². The Bertz CT molecular complexity index is 589. The molecular weight excluding hydrogens is 258 g/mol. The van der Waals surface area contributed by atoms with Gasteiger partial charge in [0, 0.05) is 18.8 Å². The largest absolute Gasteiger partial charge is 0.508 e. The summed E-state index contributed by atoms with van der Waals surface area (Å²) in [5.41, 5.74) is 5.21. The topological polar surface area (TPSA) is 23.5 Å². The molecule has 1 N–H and O–H groups in total. The first-order chi connectivity index (χ1) is 9.97. The Hall–Kier alpha value is -1.96. The summed E-state index contributed by atoms with van der Waals surface area (Å²) >= 11 is 0. The molecule has 0 aliphatic rings. The van der Waals surface area contributed by atoms with E-state index in [4.69, 9.17) is 0 Å². The Kier molecular flexibility index (Phi) is 4.89. The number of benzene rings is 2. The maximum Gasteiger partial charge on any atom is 0.115 e. The molecule has 0 aromatic heterocycles. The van der Waals surface area contributed by atoms with E-state index in [1.54, 1.807) is 12.1 Å². The number of rotatable bonds is 5. The first-order valence-corrected chi connectivity index (χ1v) is 7.55. The summed E-state index contributed by atoms with van der Waals surface area (Å²) < 4.78 is 0. The summed E-state index contributed by atoms with van der Waals surface area (Å²) in [7, 11) is 2.17.